The molecule has 1 N–H and O–H groups in total. The van der Waals surface area contributed by atoms with Gasteiger partial charge >= 0.3 is 5.97 Å². The van der Waals surface area contributed by atoms with Crippen molar-refractivity contribution in [1.29, 1.82) is 0 Å². The maximum absolute atomic E-state index is 11.8. The number of hydrogen-bond acceptors (Lipinski definition) is 3. The zero-order chi connectivity index (χ0) is 15.6. The van der Waals surface area contributed by atoms with E-state index >= 15 is 0 Å². The molecule has 1 aromatic carbocycles. The maximum atomic E-state index is 11.8. The van der Waals surface area contributed by atoms with Crippen LogP contribution < -0.4 is 4.74 Å². The molecule has 1 amide bonds. The van der Waals surface area contributed by atoms with Crippen LogP contribution in [-0.4, -0.2) is 34.0 Å². The van der Waals surface area contributed by atoms with Gasteiger partial charge in [-0.05, 0) is 44.4 Å². The Balaban J connectivity index is 2.25. The molecule has 0 bridgehead atoms. The van der Waals surface area contributed by atoms with Gasteiger partial charge in [0.05, 0.1) is 6.10 Å². The summed E-state index contributed by atoms with van der Waals surface area (Å²) in [7, 11) is 0. The third kappa shape index (κ3) is 3.74. The second kappa shape index (κ2) is 6.16. The molecule has 0 spiro atoms. The minimum Gasteiger partial charge on any atom is -0.491 e. The van der Waals surface area contributed by atoms with Crippen LogP contribution in [0.3, 0.4) is 0 Å². The first kappa shape index (κ1) is 15.4. The summed E-state index contributed by atoms with van der Waals surface area (Å²) in [5.41, 5.74) is 0.598. The second-order valence-electron chi connectivity index (χ2n) is 5.63. The zero-order valence-electron chi connectivity index (χ0n) is 12.6. The summed E-state index contributed by atoms with van der Waals surface area (Å²) >= 11 is 0. The van der Waals surface area contributed by atoms with Gasteiger partial charge in [-0.1, -0.05) is 12.1 Å². The van der Waals surface area contributed by atoms with Crippen molar-refractivity contribution in [2.75, 3.05) is 0 Å². The molecular formula is C16H21NO4. The van der Waals surface area contributed by atoms with Crippen LogP contribution in [0.1, 0.15) is 45.2 Å². The number of nitrogens with zero attached hydrogens (tertiary/aromatic N) is 1. The average Bonchev–Trinajstić information content (AvgIpc) is 3.19. The molecule has 5 nitrogen and oxygen atoms in total. The molecule has 1 fully saturated rings. The van der Waals surface area contributed by atoms with Crippen molar-refractivity contribution in [3.63, 3.8) is 0 Å². The van der Waals surface area contributed by atoms with E-state index in [2.05, 4.69) is 0 Å². The number of rotatable bonds is 6. The summed E-state index contributed by atoms with van der Waals surface area (Å²) in [5, 5.41) is 9.51. The molecule has 1 unspecified atom stereocenters. The molecule has 0 saturated heterocycles. The van der Waals surface area contributed by atoms with Gasteiger partial charge in [0.1, 0.15) is 5.75 Å². The van der Waals surface area contributed by atoms with E-state index in [4.69, 9.17) is 4.74 Å². The molecule has 21 heavy (non-hydrogen) atoms. The third-order valence-corrected chi connectivity index (χ3v) is 3.38. The lowest BCUT2D eigenvalue weighted by Gasteiger charge is -2.28. The standard InChI is InChI=1S/C16H21NO4/c1-10(2)21-14-8-4-12(5-9-14)15(16(19)20)17(11(3)18)13-6-7-13/h4-5,8-10,13,15H,6-7H2,1-3H3,(H,19,20). The Morgan fingerprint density at radius 2 is 1.81 bits per heavy atom. The molecule has 2 rings (SSSR count). The van der Waals surface area contributed by atoms with Crippen molar-refractivity contribution in [2.24, 2.45) is 0 Å². The fraction of sp³-hybridized carbons (Fsp3) is 0.500. The number of aliphatic carboxylic acids is 1. The topological polar surface area (TPSA) is 66.8 Å². The molecule has 1 saturated carbocycles. The zero-order valence-corrected chi connectivity index (χ0v) is 12.6. The Kier molecular flexibility index (Phi) is 4.50. The fourth-order valence-electron chi connectivity index (χ4n) is 2.43. The SMILES string of the molecule is CC(=O)N(C1CC1)C(C(=O)O)c1ccc(OC(C)C)cc1. The Hall–Kier alpha value is -2.04. The van der Waals surface area contributed by atoms with Gasteiger partial charge in [-0.3, -0.25) is 4.79 Å². The number of carboxylic acids is 1. The molecule has 1 aliphatic carbocycles. The van der Waals surface area contributed by atoms with Crippen LogP contribution in [0.25, 0.3) is 0 Å². The summed E-state index contributed by atoms with van der Waals surface area (Å²) in [4.78, 5) is 24.9. The number of carbonyl (C=O) groups excluding carboxylic acids is 1. The summed E-state index contributed by atoms with van der Waals surface area (Å²) in [5.74, 6) is -0.513. The van der Waals surface area contributed by atoms with Gasteiger partial charge in [-0.15, -0.1) is 0 Å². The van der Waals surface area contributed by atoms with Gasteiger partial charge in [0.25, 0.3) is 0 Å². The Morgan fingerprint density at radius 1 is 1.24 bits per heavy atom. The fourth-order valence-corrected chi connectivity index (χ4v) is 2.43. The minimum atomic E-state index is -1.00. The number of carbonyl (C=O) groups is 2. The van der Waals surface area contributed by atoms with Crippen molar-refractivity contribution >= 4 is 11.9 Å². The van der Waals surface area contributed by atoms with Crippen LogP contribution in [0.4, 0.5) is 0 Å². The van der Waals surface area contributed by atoms with E-state index in [1.807, 2.05) is 13.8 Å². The average molecular weight is 291 g/mol. The van der Waals surface area contributed by atoms with Gasteiger partial charge in [-0.2, -0.15) is 0 Å². The Labute approximate surface area is 124 Å². The molecule has 5 heteroatoms. The van der Waals surface area contributed by atoms with E-state index in [0.29, 0.717) is 11.3 Å². The smallest absolute Gasteiger partial charge is 0.331 e. The Morgan fingerprint density at radius 3 is 2.19 bits per heavy atom. The first-order valence-electron chi connectivity index (χ1n) is 7.18. The highest BCUT2D eigenvalue weighted by Gasteiger charge is 2.39. The van der Waals surface area contributed by atoms with Crippen LogP contribution in [0.15, 0.2) is 24.3 Å². The summed E-state index contributed by atoms with van der Waals surface area (Å²) < 4.78 is 5.55. The predicted octanol–water partition coefficient (Wildman–Crippen LogP) is 2.61. The number of benzene rings is 1. The van der Waals surface area contributed by atoms with Crippen LogP contribution in [0.5, 0.6) is 5.75 Å². The van der Waals surface area contributed by atoms with Gasteiger partial charge in [0.2, 0.25) is 5.91 Å². The van der Waals surface area contributed by atoms with E-state index in [1.165, 1.54) is 11.8 Å². The quantitative estimate of drug-likeness (QED) is 0.875. The minimum absolute atomic E-state index is 0.0511. The molecule has 0 aliphatic heterocycles. The molecule has 0 radical (unpaired) electrons. The van der Waals surface area contributed by atoms with Crippen LogP contribution in [0.2, 0.25) is 0 Å². The van der Waals surface area contributed by atoms with E-state index in [1.54, 1.807) is 24.3 Å². The van der Waals surface area contributed by atoms with Crippen LogP contribution >= 0.6 is 0 Å². The van der Waals surface area contributed by atoms with Crippen LogP contribution in [0, 0.1) is 0 Å². The van der Waals surface area contributed by atoms with Crippen molar-refractivity contribution in [3.8, 4) is 5.75 Å². The highest BCUT2D eigenvalue weighted by molar-refractivity contribution is 5.84. The van der Waals surface area contributed by atoms with Crippen molar-refractivity contribution in [2.45, 2.75) is 51.8 Å². The van der Waals surface area contributed by atoms with Gasteiger partial charge in [0, 0.05) is 13.0 Å². The maximum Gasteiger partial charge on any atom is 0.331 e. The summed E-state index contributed by atoms with van der Waals surface area (Å²) in [6.07, 6.45) is 1.81. The van der Waals surface area contributed by atoms with Crippen molar-refractivity contribution in [3.05, 3.63) is 29.8 Å². The van der Waals surface area contributed by atoms with E-state index < -0.39 is 12.0 Å². The molecule has 1 aromatic rings. The monoisotopic (exact) mass is 291 g/mol. The van der Waals surface area contributed by atoms with Gasteiger partial charge in [-0.25, -0.2) is 4.79 Å². The molecule has 0 heterocycles. The van der Waals surface area contributed by atoms with Crippen molar-refractivity contribution < 1.29 is 19.4 Å². The molecule has 1 atom stereocenters. The highest BCUT2D eigenvalue weighted by Crippen LogP contribution is 2.35. The number of ether oxygens (including phenoxy) is 1. The van der Waals surface area contributed by atoms with E-state index in [9.17, 15) is 14.7 Å². The highest BCUT2D eigenvalue weighted by atomic mass is 16.5. The first-order chi connectivity index (χ1) is 9.90. The van der Waals surface area contributed by atoms with Crippen LogP contribution in [-0.2, 0) is 9.59 Å². The number of carboxylic acid groups (broad SMARTS) is 1. The third-order valence-electron chi connectivity index (χ3n) is 3.38. The number of amides is 1. The molecule has 0 aromatic heterocycles. The lowest BCUT2D eigenvalue weighted by atomic mass is 10.0. The molecule has 1 aliphatic rings. The van der Waals surface area contributed by atoms with Gasteiger partial charge < -0.3 is 14.7 Å². The lowest BCUT2D eigenvalue weighted by Crippen LogP contribution is -2.39. The first-order valence-corrected chi connectivity index (χ1v) is 7.18. The largest absolute Gasteiger partial charge is 0.491 e. The predicted molar refractivity (Wildman–Crippen MR) is 78.1 cm³/mol. The van der Waals surface area contributed by atoms with E-state index in [-0.39, 0.29) is 18.1 Å². The molecule has 114 valence electrons. The summed E-state index contributed by atoms with van der Waals surface area (Å²) in [6.45, 7) is 5.28. The normalized spacial score (nSPS) is 15.6. The van der Waals surface area contributed by atoms with Gasteiger partial charge in [0.15, 0.2) is 6.04 Å². The number of hydrogen-bond donors (Lipinski definition) is 1. The summed E-state index contributed by atoms with van der Waals surface area (Å²) in [6, 6.07) is 6.05. The van der Waals surface area contributed by atoms with Crippen molar-refractivity contribution in [1.82, 2.24) is 4.90 Å². The second-order valence-corrected chi connectivity index (χ2v) is 5.63. The van der Waals surface area contributed by atoms with E-state index in [0.717, 1.165) is 12.8 Å². The Bertz CT molecular complexity index is 520. The lowest BCUT2D eigenvalue weighted by molar-refractivity contribution is -0.150. The molecular weight excluding hydrogens is 270 g/mol.